The minimum absolute atomic E-state index is 0.0108. The maximum Gasteiger partial charge on any atom is 0.511 e. The van der Waals surface area contributed by atoms with E-state index in [-0.39, 0.29) is 11.5 Å². The number of hydrogen-bond acceptors (Lipinski definition) is 3. The molecule has 0 aliphatic carbocycles. The molecule has 0 atom stereocenters. The van der Waals surface area contributed by atoms with Crippen LogP contribution in [0, 0.1) is 17.6 Å². The van der Waals surface area contributed by atoms with Crippen molar-refractivity contribution in [1.29, 1.82) is 0 Å². The second-order valence-electron chi connectivity index (χ2n) is 2.61. The maximum atomic E-state index is 10.4. The van der Waals surface area contributed by atoms with Gasteiger partial charge >= 0.3 is 6.16 Å². The van der Waals surface area contributed by atoms with Gasteiger partial charge in [0.2, 0.25) is 0 Å². The van der Waals surface area contributed by atoms with Gasteiger partial charge in [-0.15, -0.1) is 0 Å². The van der Waals surface area contributed by atoms with E-state index in [1.807, 2.05) is 22.6 Å². The molecule has 4 nitrogen and oxygen atoms in total. The first-order valence-corrected chi connectivity index (χ1v) is 6.86. The Balaban J connectivity index is 3.45. The lowest BCUT2D eigenvalue weighted by molar-refractivity contribution is 0.142. The van der Waals surface area contributed by atoms with Gasteiger partial charge in [0.15, 0.2) is 11.5 Å². The predicted octanol–water partition coefficient (Wildman–Crippen LogP) is 3.57. The van der Waals surface area contributed by atoms with E-state index in [1.54, 1.807) is 6.92 Å². The second kappa shape index (κ2) is 5.21. The summed E-state index contributed by atoms with van der Waals surface area (Å²) in [5.41, 5.74) is 0.625. The zero-order valence-corrected chi connectivity index (χ0v) is 13.8. The molecule has 0 heterocycles. The third-order valence-corrected chi connectivity index (χ3v) is 7.21. The number of carboxylic acid groups (broad SMARTS) is 1. The smallest absolute Gasteiger partial charge is 0.503 e. The number of aromatic hydroxyl groups is 1. The zero-order valence-electron chi connectivity index (χ0n) is 7.34. The van der Waals surface area contributed by atoms with Crippen LogP contribution >= 0.6 is 67.8 Å². The molecule has 0 saturated carbocycles. The Morgan fingerprint density at radius 2 is 1.73 bits per heavy atom. The van der Waals surface area contributed by atoms with Gasteiger partial charge in [0.05, 0.1) is 3.57 Å². The number of carbonyl (C=O) groups is 1. The third kappa shape index (κ3) is 2.78. The number of hydrogen-bond donors (Lipinski definition) is 2. The highest BCUT2D eigenvalue weighted by atomic mass is 127. The molecular weight excluding hydrogens is 541 g/mol. The highest BCUT2D eigenvalue weighted by Crippen LogP contribution is 2.40. The number of phenolic OH excluding ortho intramolecular Hbond substituents is 1. The van der Waals surface area contributed by atoms with Crippen molar-refractivity contribution in [2.75, 3.05) is 0 Å². The highest BCUT2D eigenvalue weighted by molar-refractivity contribution is 14.1. The quantitative estimate of drug-likeness (QED) is 0.245. The summed E-state index contributed by atoms with van der Waals surface area (Å²) in [4.78, 5) is 10.4. The summed E-state index contributed by atoms with van der Waals surface area (Å²) in [5, 5.41) is 18.3. The van der Waals surface area contributed by atoms with Crippen LogP contribution in [0.1, 0.15) is 5.56 Å². The summed E-state index contributed by atoms with van der Waals surface area (Å²) in [7, 11) is 0. The molecule has 0 radical (unpaired) electrons. The Labute approximate surface area is 127 Å². The fourth-order valence-corrected chi connectivity index (χ4v) is 3.16. The summed E-state index contributed by atoms with van der Waals surface area (Å²) < 4.78 is 6.91. The molecule has 0 spiro atoms. The van der Waals surface area contributed by atoms with E-state index in [2.05, 4.69) is 49.9 Å². The molecule has 0 bridgehead atoms. The van der Waals surface area contributed by atoms with E-state index >= 15 is 0 Å². The first kappa shape index (κ1) is 13.5. The fourth-order valence-electron chi connectivity index (χ4n) is 0.954. The van der Waals surface area contributed by atoms with Crippen LogP contribution in [-0.2, 0) is 0 Å². The molecule has 0 aliphatic rings. The van der Waals surface area contributed by atoms with Gasteiger partial charge in [0.1, 0.15) is 0 Å². The summed E-state index contributed by atoms with van der Waals surface area (Å²) in [6.45, 7) is 1.71. The molecule has 0 unspecified atom stereocenters. The van der Waals surface area contributed by atoms with Gasteiger partial charge in [-0.1, -0.05) is 0 Å². The van der Waals surface area contributed by atoms with Crippen molar-refractivity contribution in [2.45, 2.75) is 6.92 Å². The SMILES string of the molecule is Cc1c(I)c(I)c(I)c(O)c1OC(=O)O. The second-order valence-corrected chi connectivity index (χ2v) is 5.85. The van der Waals surface area contributed by atoms with Gasteiger partial charge in [-0.2, -0.15) is 0 Å². The van der Waals surface area contributed by atoms with E-state index in [0.717, 1.165) is 7.14 Å². The maximum absolute atomic E-state index is 10.4. The molecule has 0 amide bonds. The number of phenols is 1. The number of ether oxygens (including phenoxy) is 1. The van der Waals surface area contributed by atoms with Crippen molar-refractivity contribution in [3.8, 4) is 11.5 Å². The van der Waals surface area contributed by atoms with Crippen LogP contribution in [-0.4, -0.2) is 16.4 Å². The van der Waals surface area contributed by atoms with Crippen LogP contribution in [0.5, 0.6) is 11.5 Å². The van der Waals surface area contributed by atoms with E-state index in [4.69, 9.17) is 5.11 Å². The van der Waals surface area contributed by atoms with E-state index in [1.165, 1.54) is 0 Å². The number of halogens is 3. The molecule has 0 aromatic heterocycles. The largest absolute Gasteiger partial charge is 0.511 e. The van der Waals surface area contributed by atoms with Gasteiger partial charge in [-0.25, -0.2) is 4.79 Å². The minimum atomic E-state index is -1.43. The van der Waals surface area contributed by atoms with Crippen LogP contribution in [0.25, 0.3) is 0 Å². The Morgan fingerprint density at radius 3 is 2.20 bits per heavy atom. The van der Waals surface area contributed by atoms with E-state index < -0.39 is 6.16 Å². The number of benzene rings is 1. The van der Waals surface area contributed by atoms with Crippen molar-refractivity contribution in [1.82, 2.24) is 0 Å². The summed E-state index contributed by atoms with van der Waals surface area (Å²) in [6, 6.07) is 0. The van der Waals surface area contributed by atoms with Crippen LogP contribution in [0.15, 0.2) is 0 Å². The highest BCUT2D eigenvalue weighted by Gasteiger charge is 2.20. The lowest BCUT2D eigenvalue weighted by Crippen LogP contribution is -2.07. The Kier molecular flexibility index (Phi) is 4.70. The topological polar surface area (TPSA) is 66.8 Å². The molecule has 1 aromatic rings. The molecule has 0 aliphatic heterocycles. The average Bonchev–Trinajstić information content (AvgIpc) is 2.18. The zero-order chi connectivity index (χ0) is 11.7. The molecule has 0 saturated heterocycles. The normalized spacial score (nSPS) is 10.1. The van der Waals surface area contributed by atoms with Gasteiger partial charge < -0.3 is 14.9 Å². The summed E-state index contributed by atoms with van der Waals surface area (Å²) in [5.74, 6) is -0.114. The van der Waals surface area contributed by atoms with E-state index in [9.17, 15) is 9.90 Å². The molecule has 2 N–H and O–H groups in total. The first-order valence-electron chi connectivity index (χ1n) is 3.63. The monoisotopic (exact) mass is 546 g/mol. The Hall–Kier alpha value is 0.480. The van der Waals surface area contributed by atoms with Gasteiger partial charge in [0.25, 0.3) is 0 Å². The molecule has 1 aromatic carbocycles. The van der Waals surface area contributed by atoms with Crippen molar-refractivity contribution < 1.29 is 19.7 Å². The third-order valence-electron chi connectivity index (χ3n) is 1.67. The van der Waals surface area contributed by atoms with Gasteiger partial charge in [0, 0.05) is 12.7 Å². The van der Waals surface area contributed by atoms with Crippen molar-refractivity contribution >= 4 is 73.9 Å². The minimum Gasteiger partial charge on any atom is -0.503 e. The Morgan fingerprint density at radius 1 is 1.20 bits per heavy atom. The number of rotatable bonds is 1. The summed E-state index contributed by atoms with van der Waals surface area (Å²) in [6.07, 6.45) is -1.43. The van der Waals surface area contributed by atoms with Crippen molar-refractivity contribution in [3.63, 3.8) is 0 Å². The molecule has 0 fully saturated rings. The molecule has 15 heavy (non-hydrogen) atoms. The Bertz CT molecular complexity index is 401. The summed E-state index contributed by atoms with van der Waals surface area (Å²) >= 11 is 6.13. The van der Waals surface area contributed by atoms with Crippen LogP contribution in [0.4, 0.5) is 4.79 Å². The van der Waals surface area contributed by atoms with Crippen molar-refractivity contribution in [2.24, 2.45) is 0 Å². The van der Waals surface area contributed by atoms with E-state index in [0.29, 0.717) is 9.13 Å². The lowest BCUT2D eigenvalue weighted by Gasteiger charge is -2.12. The lowest BCUT2D eigenvalue weighted by atomic mass is 10.2. The standard InChI is InChI=1S/C8H5I3O4/c1-2-3(9)4(10)5(11)6(12)7(2)15-8(13)14/h12H,1H3,(H,13,14). The van der Waals surface area contributed by atoms with Crippen molar-refractivity contribution in [3.05, 3.63) is 16.3 Å². The van der Waals surface area contributed by atoms with Crippen LogP contribution in [0.3, 0.4) is 0 Å². The van der Waals surface area contributed by atoms with Crippen LogP contribution < -0.4 is 4.74 Å². The molecule has 7 heteroatoms. The average molecular weight is 546 g/mol. The fraction of sp³-hybridized carbons (Fsp3) is 0.125. The van der Waals surface area contributed by atoms with Gasteiger partial charge in [-0.3, -0.25) is 0 Å². The van der Waals surface area contributed by atoms with Gasteiger partial charge in [-0.05, 0) is 74.7 Å². The predicted molar refractivity (Wildman–Crippen MR) is 79.6 cm³/mol. The van der Waals surface area contributed by atoms with Crippen LogP contribution in [0.2, 0.25) is 0 Å². The first-order chi connectivity index (χ1) is 6.86. The molecule has 82 valence electrons. The molecular formula is C8H5I3O4. The molecule has 1 rings (SSSR count).